The Balaban J connectivity index is 1.45. The number of amidine groups is 1. The molecule has 0 aliphatic carbocycles. The second-order valence-corrected chi connectivity index (χ2v) is 6.46. The highest BCUT2D eigenvalue weighted by molar-refractivity contribution is 5.99. The third-order valence-corrected chi connectivity index (χ3v) is 4.17. The first-order valence-electron chi connectivity index (χ1n) is 9.67. The number of hydrogen-bond acceptors (Lipinski definition) is 5. The molecule has 30 heavy (non-hydrogen) atoms. The molecule has 0 saturated carbocycles. The quantitative estimate of drug-likeness (QED) is 0.234. The Bertz CT molecular complexity index is 962. The molecule has 3 aromatic rings. The summed E-state index contributed by atoms with van der Waals surface area (Å²) in [5, 5.41) is 6.63. The number of ether oxygens (including phenoxy) is 1. The topological polar surface area (TPSA) is 98.8 Å². The molecule has 7 heteroatoms. The van der Waals surface area contributed by atoms with E-state index in [9.17, 15) is 4.79 Å². The third kappa shape index (κ3) is 6.63. The molecule has 2 aromatic carbocycles. The summed E-state index contributed by atoms with van der Waals surface area (Å²) in [6.45, 7) is 0.342. The lowest BCUT2D eigenvalue weighted by molar-refractivity contribution is -0.125. The zero-order valence-corrected chi connectivity index (χ0v) is 16.5. The van der Waals surface area contributed by atoms with Crippen molar-refractivity contribution in [2.24, 2.45) is 10.9 Å². The van der Waals surface area contributed by atoms with Crippen LogP contribution < -0.4 is 15.8 Å². The van der Waals surface area contributed by atoms with Crippen molar-refractivity contribution in [3.05, 3.63) is 90.1 Å². The van der Waals surface area contributed by atoms with Crippen LogP contribution in [0.25, 0.3) is 0 Å². The molecule has 1 heterocycles. The second kappa shape index (κ2) is 11.2. The maximum Gasteiger partial charge on any atom is 0.260 e. The van der Waals surface area contributed by atoms with Gasteiger partial charge in [0.15, 0.2) is 12.4 Å². The van der Waals surface area contributed by atoms with Crippen molar-refractivity contribution in [3.63, 3.8) is 0 Å². The largest absolute Gasteiger partial charge is 0.438 e. The number of para-hydroxylation sites is 1. The number of pyridine rings is 1. The van der Waals surface area contributed by atoms with E-state index >= 15 is 0 Å². The lowest BCUT2D eigenvalue weighted by atomic mass is 10.1. The van der Waals surface area contributed by atoms with Gasteiger partial charge in [-0.2, -0.15) is 0 Å². The lowest BCUT2D eigenvalue weighted by Gasteiger charge is -2.09. The molecule has 7 nitrogen and oxygen atoms in total. The van der Waals surface area contributed by atoms with Crippen LogP contribution in [0.5, 0.6) is 11.6 Å². The summed E-state index contributed by atoms with van der Waals surface area (Å²) < 4.78 is 5.75. The Morgan fingerprint density at radius 1 is 1.00 bits per heavy atom. The van der Waals surface area contributed by atoms with E-state index in [2.05, 4.69) is 27.6 Å². The zero-order valence-electron chi connectivity index (χ0n) is 16.5. The van der Waals surface area contributed by atoms with Gasteiger partial charge in [-0.25, -0.2) is 4.98 Å². The van der Waals surface area contributed by atoms with Crippen molar-refractivity contribution in [2.75, 3.05) is 13.2 Å². The number of oxime groups is 1. The van der Waals surface area contributed by atoms with Gasteiger partial charge in [0.1, 0.15) is 5.75 Å². The van der Waals surface area contributed by atoms with Crippen molar-refractivity contribution >= 4 is 11.7 Å². The van der Waals surface area contributed by atoms with E-state index in [1.165, 1.54) is 5.56 Å². The molecule has 0 atom stereocenters. The molecule has 154 valence electrons. The fraction of sp³-hybridized carbons (Fsp3) is 0.174. The summed E-state index contributed by atoms with van der Waals surface area (Å²) in [5.41, 5.74) is 7.71. The van der Waals surface area contributed by atoms with Crippen LogP contribution in [0, 0.1) is 0 Å². The van der Waals surface area contributed by atoms with Gasteiger partial charge >= 0.3 is 0 Å². The van der Waals surface area contributed by atoms with Crippen molar-refractivity contribution in [3.8, 4) is 11.6 Å². The molecule has 0 radical (unpaired) electrons. The minimum absolute atomic E-state index is 0.0749. The Morgan fingerprint density at radius 2 is 1.73 bits per heavy atom. The number of aryl methyl sites for hydroxylation is 1. The van der Waals surface area contributed by atoms with Crippen LogP contribution in [0.1, 0.15) is 17.5 Å². The average molecular weight is 404 g/mol. The average Bonchev–Trinajstić information content (AvgIpc) is 2.78. The Hall–Kier alpha value is -3.87. The molecule has 3 N–H and O–H groups in total. The number of amides is 1. The summed E-state index contributed by atoms with van der Waals surface area (Å²) in [5.74, 6) is 0.748. The molecule has 0 aliphatic rings. The summed E-state index contributed by atoms with van der Waals surface area (Å²) in [6.07, 6.45) is 3.34. The lowest BCUT2D eigenvalue weighted by Crippen LogP contribution is -2.28. The summed E-state index contributed by atoms with van der Waals surface area (Å²) in [6, 6.07) is 22.8. The van der Waals surface area contributed by atoms with Crippen LogP contribution >= 0.6 is 0 Å². The van der Waals surface area contributed by atoms with Gasteiger partial charge in [-0.05, 0) is 42.7 Å². The Kier molecular flexibility index (Phi) is 7.79. The first-order chi connectivity index (χ1) is 14.7. The van der Waals surface area contributed by atoms with Crippen LogP contribution in [-0.4, -0.2) is 29.9 Å². The Morgan fingerprint density at radius 3 is 2.50 bits per heavy atom. The standard InChI is InChI=1S/C23H24N4O3/c24-22(20-14-8-16-26-23(20)30-19-12-5-2-6-13-19)27-29-17-21(28)25-15-7-11-18-9-3-1-4-10-18/h1-6,8-10,12-14,16H,7,11,15,17H2,(H2,24,27)(H,25,28). The molecule has 1 aromatic heterocycles. The molecule has 0 fully saturated rings. The molecule has 0 saturated heterocycles. The molecule has 0 bridgehead atoms. The van der Waals surface area contributed by atoms with Crippen molar-refractivity contribution in [1.82, 2.24) is 10.3 Å². The number of hydrogen-bond donors (Lipinski definition) is 2. The first kappa shape index (κ1) is 20.9. The minimum atomic E-state index is -0.258. The second-order valence-electron chi connectivity index (χ2n) is 6.46. The number of nitrogens with two attached hydrogens (primary N) is 1. The normalized spacial score (nSPS) is 11.0. The molecule has 0 unspecified atom stereocenters. The van der Waals surface area contributed by atoms with Crippen LogP contribution in [0.15, 0.2) is 84.1 Å². The highest BCUT2D eigenvalue weighted by Crippen LogP contribution is 2.22. The molecule has 0 aliphatic heterocycles. The van der Waals surface area contributed by atoms with Gasteiger partial charge in [-0.3, -0.25) is 4.79 Å². The van der Waals surface area contributed by atoms with Gasteiger partial charge in [0, 0.05) is 12.7 Å². The van der Waals surface area contributed by atoms with Crippen LogP contribution in [0.2, 0.25) is 0 Å². The monoisotopic (exact) mass is 404 g/mol. The van der Waals surface area contributed by atoms with Crippen LogP contribution in [0.4, 0.5) is 0 Å². The number of aromatic nitrogens is 1. The summed E-state index contributed by atoms with van der Waals surface area (Å²) in [7, 11) is 0. The molecule has 0 spiro atoms. The molecular formula is C23H24N4O3. The van der Waals surface area contributed by atoms with Crippen LogP contribution in [-0.2, 0) is 16.1 Å². The maximum absolute atomic E-state index is 11.9. The fourth-order valence-corrected chi connectivity index (χ4v) is 2.69. The van der Waals surface area contributed by atoms with Gasteiger partial charge in [0.25, 0.3) is 5.91 Å². The van der Waals surface area contributed by atoms with Crippen molar-refractivity contribution < 1.29 is 14.4 Å². The molecule has 1 amide bonds. The fourth-order valence-electron chi connectivity index (χ4n) is 2.69. The van der Waals surface area contributed by atoms with E-state index in [0.29, 0.717) is 23.7 Å². The highest BCUT2D eigenvalue weighted by atomic mass is 16.6. The smallest absolute Gasteiger partial charge is 0.260 e. The van der Waals surface area contributed by atoms with Gasteiger partial charge in [0.05, 0.1) is 5.56 Å². The third-order valence-electron chi connectivity index (χ3n) is 4.17. The maximum atomic E-state index is 11.9. The SMILES string of the molecule is N/C(=N\OCC(=O)NCCCc1ccccc1)c1cccnc1Oc1ccccc1. The highest BCUT2D eigenvalue weighted by Gasteiger charge is 2.11. The number of rotatable bonds is 10. The predicted molar refractivity (Wildman–Crippen MR) is 115 cm³/mol. The predicted octanol–water partition coefficient (Wildman–Crippen LogP) is 3.26. The number of benzene rings is 2. The zero-order chi connectivity index (χ0) is 21.0. The van der Waals surface area contributed by atoms with E-state index in [1.807, 2.05) is 48.5 Å². The molecular weight excluding hydrogens is 380 g/mol. The number of carbonyl (C=O) groups excluding carboxylic acids is 1. The van der Waals surface area contributed by atoms with Gasteiger partial charge in [-0.15, -0.1) is 0 Å². The van der Waals surface area contributed by atoms with Gasteiger partial charge in [-0.1, -0.05) is 53.7 Å². The van der Waals surface area contributed by atoms with E-state index in [1.54, 1.807) is 18.3 Å². The molecule has 3 rings (SSSR count). The van der Waals surface area contributed by atoms with E-state index < -0.39 is 0 Å². The van der Waals surface area contributed by atoms with Crippen molar-refractivity contribution in [1.29, 1.82) is 0 Å². The van der Waals surface area contributed by atoms with Gasteiger partial charge in [0.2, 0.25) is 5.88 Å². The van der Waals surface area contributed by atoms with Gasteiger partial charge < -0.3 is 20.6 Å². The van der Waals surface area contributed by atoms with E-state index in [0.717, 1.165) is 12.8 Å². The number of carbonyl (C=O) groups is 1. The summed E-state index contributed by atoms with van der Waals surface area (Å²) >= 11 is 0. The number of nitrogens with zero attached hydrogens (tertiary/aromatic N) is 2. The van der Waals surface area contributed by atoms with Crippen LogP contribution in [0.3, 0.4) is 0 Å². The van der Waals surface area contributed by atoms with Crippen molar-refractivity contribution in [2.45, 2.75) is 12.8 Å². The summed E-state index contributed by atoms with van der Waals surface area (Å²) in [4.78, 5) is 21.2. The Labute approximate surface area is 175 Å². The first-order valence-corrected chi connectivity index (χ1v) is 9.67. The number of nitrogens with one attached hydrogen (secondary N) is 1. The van der Waals surface area contributed by atoms with E-state index in [4.69, 9.17) is 15.3 Å². The minimum Gasteiger partial charge on any atom is -0.438 e. The van der Waals surface area contributed by atoms with E-state index in [-0.39, 0.29) is 18.3 Å².